The minimum absolute atomic E-state index is 0.195. The zero-order chi connectivity index (χ0) is 12.4. The van der Waals surface area contributed by atoms with Gasteiger partial charge in [0.1, 0.15) is 11.9 Å². The predicted molar refractivity (Wildman–Crippen MR) is 67.9 cm³/mol. The summed E-state index contributed by atoms with van der Waals surface area (Å²) in [6.45, 7) is 4.04. The number of carbonyl (C=O) groups is 1. The number of nitrogens with two attached hydrogens (primary N) is 1. The fraction of sp³-hybridized carbons (Fsp3) is 0.727. The third kappa shape index (κ3) is 2.94. The van der Waals surface area contributed by atoms with Gasteiger partial charge in [-0.25, -0.2) is 4.98 Å². The van der Waals surface area contributed by atoms with E-state index in [1.807, 2.05) is 13.8 Å². The topological polar surface area (TPSA) is 80.9 Å². The van der Waals surface area contributed by atoms with E-state index in [1.165, 1.54) is 24.4 Å². The Bertz CT molecular complexity index is 402. The maximum atomic E-state index is 11.4. The Kier molecular flexibility index (Phi) is 3.61. The van der Waals surface area contributed by atoms with Crippen LogP contribution in [0.1, 0.15) is 44.9 Å². The molecule has 0 aromatic carbocycles. The highest BCUT2D eigenvalue weighted by Gasteiger charge is 2.29. The molecule has 1 aliphatic carbocycles. The Morgan fingerprint density at radius 1 is 1.65 bits per heavy atom. The second kappa shape index (κ2) is 5.00. The van der Waals surface area contributed by atoms with E-state index in [9.17, 15) is 4.79 Å². The maximum Gasteiger partial charge on any atom is 0.240 e. The first kappa shape index (κ1) is 12.3. The van der Waals surface area contributed by atoms with Crippen molar-refractivity contribution in [2.45, 2.75) is 45.1 Å². The number of aromatic nitrogens is 2. The fourth-order valence-corrected chi connectivity index (χ4v) is 2.35. The van der Waals surface area contributed by atoms with Crippen molar-refractivity contribution in [3.63, 3.8) is 0 Å². The van der Waals surface area contributed by atoms with Gasteiger partial charge in [0.2, 0.25) is 11.0 Å². The first-order valence-electron chi connectivity index (χ1n) is 6.01. The second-order valence-corrected chi connectivity index (χ2v) is 5.39. The largest absolute Gasteiger partial charge is 0.368 e. The molecule has 2 rings (SSSR count). The lowest BCUT2D eigenvalue weighted by molar-refractivity contribution is -0.119. The smallest absolute Gasteiger partial charge is 0.240 e. The SMILES string of the molecule is CCC(C)C(Nc1nc(C2CC2)ns1)C(N)=O. The maximum absolute atomic E-state index is 11.4. The van der Waals surface area contributed by atoms with Crippen LogP contribution in [-0.4, -0.2) is 21.3 Å². The second-order valence-electron chi connectivity index (χ2n) is 4.64. The molecule has 17 heavy (non-hydrogen) atoms. The number of nitrogens with one attached hydrogen (secondary N) is 1. The number of hydrogen-bond acceptors (Lipinski definition) is 5. The third-order valence-electron chi connectivity index (χ3n) is 3.18. The van der Waals surface area contributed by atoms with Gasteiger partial charge >= 0.3 is 0 Å². The first-order valence-corrected chi connectivity index (χ1v) is 6.78. The fourth-order valence-electron chi connectivity index (χ4n) is 1.66. The number of primary amides is 1. The zero-order valence-corrected chi connectivity index (χ0v) is 11.0. The standard InChI is InChI=1S/C11H18N4OS/c1-3-6(2)8(9(12)16)13-11-14-10(15-17-11)7-4-5-7/h6-8H,3-5H2,1-2H3,(H2,12,16)(H,13,14,15). The molecular formula is C11H18N4OS. The molecule has 1 aliphatic rings. The molecular weight excluding hydrogens is 236 g/mol. The van der Waals surface area contributed by atoms with Gasteiger partial charge in [-0.3, -0.25) is 4.79 Å². The van der Waals surface area contributed by atoms with Crippen LogP contribution < -0.4 is 11.1 Å². The van der Waals surface area contributed by atoms with Gasteiger partial charge in [-0.05, 0) is 18.8 Å². The van der Waals surface area contributed by atoms with Gasteiger partial charge in [-0.2, -0.15) is 4.37 Å². The molecule has 0 saturated heterocycles. The minimum Gasteiger partial charge on any atom is -0.368 e. The van der Waals surface area contributed by atoms with Crippen LogP contribution in [0.25, 0.3) is 0 Å². The molecule has 6 heteroatoms. The Morgan fingerprint density at radius 2 is 2.35 bits per heavy atom. The summed E-state index contributed by atoms with van der Waals surface area (Å²) in [6, 6.07) is -0.361. The van der Waals surface area contributed by atoms with Crippen LogP contribution in [0.3, 0.4) is 0 Å². The van der Waals surface area contributed by atoms with Gasteiger partial charge < -0.3 is 11.1 Å². The number of nitrogens with zero attached hydrogens (tertiary/aromatic N) is 2. The minimum atomic E-state index is -0.361. The Labute approximate surface area is 105 Å². The molecule has 94 valence electrons. The average Bonchev–Trinajstić information content (AvgIpc) is 3.05. The molecule has 1 aromatic rings. The molecule has 0 radical (unpaired) electrons. The highest BCUT2D eigenvalue weighted by atomic mass is 32.1. The lowest BCUT2D eigenvalue weighted by Crippen LogP contribution is -2.40. The molecule has 1 aromatic heterocycles. The summed E-state index contributed by atoms with van der Waals surface area (Å²) >= 11 is 1.31. The molecule has 2 unspecified atom stereocenters. The highest BCUT2D eigenvalue weighted by molar-refractivity contribution is 7.09. The van der Waals surface area contributed by atoms with Crippen LogP contribution in [0.4, 0.5) is 5.13 Å². The van der Waals surface area contributed by atoms with Crippen LogP contribution in [0.2, 0.25) is 0 Å². The number of rotatable bonds is 6. The third-order valence-corrected chi connectivity index (χ3v) is 3.84. The molecule has 1 saturated carbocycles. The number of hydrogen-bond donors (Lipinski definition) is 2. The zero-order valence-electron chi connectivity index (χ0n) is 10.1. The monoisotopic (exact) mass is 254 g/mol. The first-order chi connectivity index (χ1) is 8.11. The van der Waals surface area contributed by atoms with Gasteiger partial charge in [-0.1, -0.05) is 20.3 Å². The number of amides is 1. The van der Waals surface area contributed by atoms with Crippen molar-refractivity contribution in [3.8, 4) is 0 Å². The lowest BCUT2D eigenvalue weighted by atomic mass is 9.99. The summed E-state index contributed by atoms with van der Waals surface area (Å²) in [5.41, 5.74) is 5.39. The summed E-state index contributed by atoms with van der Waals surface area (Å²) in [4.78, 5) is 15.8. The molecule has 3 N–H and O–H groups in total. The molecule has 1 fully saturated rings. The Hall–Kier alpha value is -1.17. The van der Waals surface area contributed by atoms with E-state index in [0.717, 1.165) is 12.2 Å². The summed E-state index contributed by atoms with van der Waals surface area (Å²) in [6.07, 6.45) is 3.26. The summed E-state index contributed by atoms with van der Waals surface area (Å²) in [7, 11) is 0. The van der Waals surface area contributed by atoms with E-state index in [0.29, 0.717) is 11.0 Å². The molecule has 5 nitrogen and oxygen atoms in total. The molecule has 2 atom stereocenters. The highest BCUT2D eigenvalue weighted by Crippen LogP contribution is 2.39. The van der Waals surface area contributed by atoms with Crippen molar-refractivity contribution in [3.05, 3.63) is 5.82 Å². The van der Waals surface area contributed by atoms with E-state index in [1.54, 1.807) is 0 Å². The van der Waals surface area contributed by atoms with Crippen molar-refractivity contribution < 1.29 is 4.79 Å². The number of carbonyl (C=O) groups excluding carboxylic acids is 1. The molecule has 0 bridgehead atoms. The van der Waals surface area contributed by atoms with Gasteiger partial charge in [-0.15, -0.1) is 0 Å². The molecule has 1 amide bonds. The van der Waals surface area contributed by atoms with Crippen molar-refractivity contribution in [2.75, 3.05) is 5.32 Å². The van der Waals surface area contributed by atoms with Crippen LogP contribution in [0.5, 0.6) is 0 Å². The van der Waals surface area contributed by atoms with Crippen LogP contribution in [0, 0.1) is 5.92 Å². The normalized spacial score (nSPS) is 18.7. The summed E-state index contributed by atoms with van der Waals surface area (Å²) < 4.78 is 4.29. The Morgan fingerprint density at radius 3 is 2.88 bits per heavy atom. The van der Waals surface area contributed by atoms with E-state index >= 15 is 0 Å². The molecule has 0 spiro atoms. The van der Waals surface area contributed by atoms with Gasteiger partial charge in [0.05, 0.1) is 0 Å². The predicted octanol–water partition coefficient (Wildman–Crippen LogP) is 1.73. The lowest BCUT2D eigenvalue weighted by Gasteiger charge is -2.20. The van der Waals surface area contributed by atoms with Crippen LogP contribution >= 0.6 is 11.5 Å². The van der Waals surface area contributed by atoms with E-state index in [2.05, 4.69) is 14.7 Å². The average molecular weight is 254 g/mol. The van der Waals surface area contributed by atoms with Gasteiger partial charge in [0.15, 0.2) is 0 Å². The van der Waals surface area contributed by atoms with E-state index < -0.39 is 0 Å². The van der Waals surface area contributed by atoms with Crippen LogP contribution in [-0.2, 0) is 4.79 Å². The summed E-state index contributed by atoms with van der Waals surface area (Å²) in [5, 5.41) is 3.81. The molecule has 1 heterocycles. The van der Waals surface area contributed by atoms with E-state index in [-0.39, 0.29) is 17.9 Å². The van der Waals surface area contributed by atoms with Gasteiger partial charge in [0, 0.05) is 17.5 Å². The number of anilines is 1. The summed E-state index contributed by atoms with van der Waals surface area (Å²) in [5.74, 6) is 1.31. The van der Waals surface area contributed by atoms with Gasteiger partial charge in [0.25, 0.3) is 0 Å². The van der Waals surface area contributed by atoms with Crippen molar-refractivity contribution >= 4 is 22.6 Å². The quantitative estimate of drug-likeness (QED) is 0.810. The van der Waals surface area contributed by atoms with Crippen LogP contribution in [0.15, 0.2) is 0 Å². The molecule has 0 aliphatic heterocycles. The van der Waals surface area contributed by atoms with E-state index in [4.69, 9.17) is 5.73 Å². The Balaban J connectivity index is 2.02. The van der Waals surface area contributed by atoms with Crippen molar-refractivity contribution in [2.24, 2.45) is 11.7 Å². The van der Waals surface area contributed by atoms with Crippen molar-refractivity contribution in [1.29, 1.82) is 0 Å². The van der Waals surface area contributed by atoms with Crippen molar-refractivity contribution in [1.82, 2.24) is 9.36 Å².